The maximum absolute atomic E-state index is 11.4. The van der Waals surface area contributed by atoms with Gasteiger partial charge in [-0.15, -0.1) is 0 Å². The van der Waals surface area contributed by atoms with Crippen molar-refractivity contribution in [2.24, 2.45) is 0 Å². The van der Waals surface area contributed by atoms with Crippen LogP contribution in [0.15, 0.2) is 48.5 Å². The summed E-state index contributed by atoms with van der Waals surface area (Å²) in [6.07, 6.45) is 0.487. The lowest BCUT2D eigenvalue weighted by Gasteiger charge is -2.15. The van der Waals surface area contributed by atoms with Crippen molar-refractivity contribution >= 4 is 5.97 Å². The molecule has 2 aromatic carbocycles. The second-order valence-corrected chi connectivity index (χ2v) is 5.38. The fourth-order valence-electron chi connectivity index (χ4n) is 2.25. The van der Waals surface area contributed by atoms with Crippen LogP contribution >= 0.6 is 0 Å². The Morgan fingerprint density at radius 1 is 1.05 bits per heavy atom. The standard InChI is InChI=1S/C18H21NO2/c1-13-8-9-16(10-14(13)2)12-19-17(18(20)21)11-15-6-4-3-5-7-15/h3-10,17,19H,11-12H2,1-2H3,(H,20,21). The molecule has 2 rings (SSSR count). The molecular formula is C18H21NO2. The number of benzene rings is 2. The molecule has 0 fully saturated rings. The van der Waals surface area contributed by atoms with Crippen LogP contribution in [-0.4, -0.2) is 17.1 Å². The van der Waals surface area contributed by atoms with Crippen LogP contribution in [0.25, 0.3) is 0 Å². The fourth-order valence-corrected chi connectivity index (χ4v) is 2.25. The zero-order valence-corrected chi connectivity index (χ0v) is 12.5. The summed E-state index contributed by atoms with van der Waals surface area (Å²) in [4.78, 5) is 11.4. The summed E-state index contributed by atoms with van der Waals surface area (Å²) in [6, 6.07) is 15.3. The van der Waals surface area contributed by atoms with E-state index >= 15 is 0 Å². The molecule has 0 bridgehead atoms. The largest absolute Gasteiger partial charge is 0.480 e. The third-order valence-electron chi connectivity index (χ3n) is 3.70. The van der Waals surface area contributed by atoms with Gasteiger partial charge in [0, 0.05) is 6.54 Å². The van der Waals surface area contributed by atoms with Crippen molar-refractivity contribution in [3.8, 4) is 0 Å². The first kappa shape index (κ1) is 15.3. The predicted molar refractivity (Wildman–Crippen MR) is 84.3 cm³/mol. The van der Waals surface area contributed by atoms with Crippen LogP contribution in [0.3, 0.4) is 0 Å². The highest BCUT2D eigenvalue weighted by molar-refractivity contribution is 5.73. The first-order chi connectivity index (χ1) is 10.1. The molecule has 0 aliphatic rings. The molecule has 0 aliphatic carbocycles. The molecule has 0 spiro atoms. The molecule has 3 heteroatoms. The smallest absolute Gasteiger partial charge is 0.321 e. The molecular weight excluding hydrogens is 262 g/mol. The fraction of sp³-hybridized carbons (Fsp3) is 0.278. The van der Waals surface area contributed by atoms with E-state index in [1.54, 1.807) is 0 Å². The summed E-state index contributed by atoms with van der Waals surface area (Å²) >= 11 is 0. The molecule has 2 aromatic rings. The van der Waals surface area contributed by atoms with Crippen molar-refractivity contribution < 1.29 is 9.90 Å². The molecule has 0 heterocycles. The number of carbonyl (C=O) groups is 1. The van der Waals surface area contributed by atoms with Gasteiger partial charge in [0.2, 0.25) is 0 Å². The zero-order chi connectivity index (χ0) is 15.2. The zero-order valence-electron chi connectivity index (χ0n) is 12.5. The van der Waals surface area contributed by atoms with E-state index in [4.69, 9.17) is 0 Å². The highest BCUT2D eigenvalue weighted by Gasteiger charge is 2.17. The maximum Gasteiger partial charge on any atom is 0.321 e. The molecule has 0 amide bonds. The number of hydrogen-bond donors (Lipinski definition) is 2. The third-order valence-corrected chi connectivity index (χ3v) is 3.70. The van der Waals surface area contributed by atoms with E-state index in [0.29, 0.717) is 13.0 Å². The van der Waals surface area contributed by atoms with Gasteiger partial charge in [0.25, 0.3) is 0 Å². The normalized spacial score (nSPS) is 12.1. The number of nitrogens with one attached hydrogen (secondary N) is 1. The molecule has 0 saturated carbocycles. The van der Waals surface area contributed by atoms with Gasteiger partial charge in [-0.1, -0.05) is 48.5 Å². The maximum atomic E-state index is 11.4. The van der Waals surface area contributed by atoms with Crippen LogP contribution in [0.1, 0.15) is 22.3 Å². The molecule has 3 nitrogen and oxygen atoms in total. The number of hydrogen-bond acceptors (Lipinski definition) is 2. The van der Waals surface area contributed by atoms with E-state index in [-0.39, 0.29) is 0 Å². The monoisotopic (exact) mass is 283 g/mol. The number of carboxylic acid groups (broad SMARTS) is 1. The summed E-state index contributed by atoms with van der Waals surface area (Å²) in [5.41, 5.74) is 4.61. The van der Waals surface area contributed by atoms with Crippen LogP contribution in [-0.2, 0) is 17.8 Å². The average molecular weight is 283 g/mol. The minimum Gasteiger partial charge on any atom is -0.480 e. The quantitative estimate of drug-likeness (QED) is 0.856. The SMILES string of the molecule is Cc1ccc(CNC(Cc2ccccc2)C(=O)O)cc1C. The van der Waals surface area contributed by atoms with Gasteiger partial charge in [-0.25, -0.2) is 0 Å². The Morgan fingerprint density at radius 2 is 1.76 bits per heavy atom. The lowest BCUT2D eigenvalue weighted by atomic mass is 10.0. The molecule has 1 atom stereocenters. The third kappa shape index (κ3) is 4.43. The first-order valence-corrected chi connectivity index (χ1v) is 7.12. The van der Waals surface area contributed by atoms with Gasteiger partial charge < -0.3 is 10.4 Å². The van der Waals surface area contributed by atoms with Gasteiger partial charge in [0.1, 0.15) is 6.04 Å². The van der Waals surface area contributed by atoms with E-state index in [2.05, 4.69) is 31.3 Å². The number of carboxylic acids is 1. The minimum atomic E-state index is -0.817. The number of aryl methyl sites for hydroxylation is 2. The second-order valence-electron chi connectivity index (χ2n) is 5.38. The highest BCUT2D eigenvalue weighted by atomic mass is 16.4. The van der Waals surface area contributed by atoms with Gasteiger partial charge in [-0.05, 0) is 42.5 Å². The van der Waals surface area contributed by atoms with Crippen molar-refractivity contribution in [2.75, 3.05) is 0 Å². The van der Waals surface area contributed by atoms with E-state index in [1.807, 2.05) is 36.4 Å². The number of aliphatic carboxylic acids is 1. The Balaban J connectivity index is 2.00. The van der Waals surface area contributed by atoms with Gasteiger partial charge in [0.05, 0.1) is 0 Å². The molecule has 2 N–H and O–H groups in total. The van der Waals surface area contributed by atoms with E-state index in [0.717, 1.165) is 11.1 Å². The van der Waals surface area contributed by atoms with Crippen LogP contribution < -0.4 is 5.32 Å². The van der Waals surface area contributed by atoms with Crippen LogP contribution in [0.5, 0.6) is 0 Å². The van der Waals surface area contributed by atoms with Crippen molar-refractivity contribution in [2.45, 2.75) is 32.9 Å². The summed E-state index contributed by atoms with van der Waals surface area (Å²) in [6.45, 7) is 4.70. The van der Waals surface area contributed by atoms with Crippen molar-refractivity contribution in [1.82, 2.24) is 5.32 Å². The molecule has 110 valence electrons. The van der Waals surface area contributed by atoms with Gasteiger partial charge in [-0.2, -0.15) is 0 Å². The van der Waals surface area contributed by atoms with Crippen molar-refractivity contribution in [3.63, 3.8) is 0 Å². The molecule has 21 heavy (non-hydrogen) atoms. The van der Waals surface area contributed by atoms with E-state index in [1.165, 1.54) is 11.1 Å². The Bertz CT molecular complexity index is 608. The van der Waals surface area contributed by atoms with Crippen LogP contribution in [0.2, 0.25) is 0 Å². The molecule has 1 unspecified atom stereocenters. The Labute approximate surface area is 125 Å². The minimum absolute atomic E-state index is 0.487. The Morgan fingerprint density at radius 3 is 2.38 bits per heavy atom. The highest BCUT2D eigenvalue weighted by Crippen LogP contribution is 2.10. The molecule has 0 aliphatic heterocycles. The molecule has 0 saturated heterocycles. The van der Waals surface area contributed by atoms with Crippen LogP contribution in [0.4, 0.5) is 0 Å². The summed E-state index contributed by atoms with van der Waals surface area (Å²) in [7, 11) is 0. The van der Waals surface area contributed by atoms with Crippen molar-refractivity contribution in [3.05, 3.63) is 70.8 Å². The Hall–Kier alpha value is -2.13. The first-order valence-electron chi connectivity index (χ1n) is 7.12. The average Bonchev–Trinajstić information content (AvgIpc) is 2.47. The van der Waals surface area contributed by atoms with E-state index < -0.39 is 12.0 Å². The van der Waals surface area contributed by atoms with E-state index in [9.17, 15) is 9.90 Å². The van der Waals surface area contributed by atoms with Gasteiger partial charge in [-0.3, -0.25) is 4.79 Å². The second kappa shape index (κ2) is 7.04. The summed E-state index contributed by atoms with van der Waals surface area (Å²) in [5.74, 6) is -0.817. The summed E-state index contributed by atoms with van der Waals surface area (Å²) < 4.78 is 0. The lowest BCUT2D eigenvalue weighted by molar-refractivity contribution is -0.139. The lowest BCUT2D eigenvalue weighted by Crippen LogP contribution is -2.38. The summed E-state index contributed by atoms with van der Waals surface area (Å²) in [5, 5.41) is 12.5. The van der Waals surface area contributed by atoms with Crippen molar-refractivity contribution in [1.29, 1.82) is 0 Å². The predicted octanol–water partition coefficient (Wildman–Crippen LogP) is 3.09. The molecule has 0 aromatic heterocycles. The Kier molecular flexibility index (Phi) is 5.12. The van der Waals surface area contributed by atoms with Crippen LogP contribution in [0, 0.1) is 13.8 Å². The topological polar surface area (TPSA) is 49.3 Å². The van der Waals surface area contributed by atoms with Gasteiger partial charge in [0.15, 0.2) is 0 Å². The number of rotatable bonds is 6. The van der Waals surface area contributed by atoms with Gasteiger partial charge >= 0.3 is 5.97 Å². The molecule has 0 radical (unpaired) electrons.